The predicted molar refractivity (Wildman–Crippen MR) is 97.5 cm³/mol. The quantitative estimate of drug-likeness (QED) is 0.683. The van der Waals surface area contributed by atoms with Gasteiger partial charge >= 0.3 is 12.1 Å². The van der Waals surface area contributed by atoms with Crippen LogP contribution in [0.2, 0.25) is 5.02 Å². The number of halogens is 4. The van der Waals surface area contributed by atoms with Crippen molar-refractivity contribution in [1.82, 2.24) is 0 Å². The first kappa shape index (κ1) is 22.0. The lowest BCUT2D eigenvalue weighted by atomic mass is 9.65. The molecule has 1 aliphatic carbocycles. The summed E-state index contributed by atoms with van der Waals surface area (Å²) in [5.74, 6) is -1.72. The Labute approximate surface area is 165 Å². The molecule has 28 heavy (non-hydrogen) atoms. The van der Waals surface area contributed by atoms with E-state index in [9.17, 15) is 28.3 Å². The molecule has 0 aliphatic heterocycles. The smallest absolute Gasteiger partial charge is 0.416 e. The number of rotatable bonds is 6. The molecule has 1 aromatic carbocycles. The van der Waals surface area contributed by atoms with Gasteiger partial charge in [-0.25, -0.2) is 4.79 Å². The minimum absolute atomic E-state index is 0.0586. The van der Waals surface area contributed by atoms with Crippen molar-refractivity contribution in [3.63, 3.8) is 0 Å². The number of nitrogens with zero attached hydrogens (tertiary/aromatic N) is 1. The molecule has 2 unspecified atom stereocenters. The highest BCUT2D eigenvalue weighted by molar-refractivity contribution is 6.31. The third-order valence-corrected chi connectivity index (χ3v) is 4.83. The fraction of sp³-hybridized carbons (Fsp3) is 0.400. The number of hydrogen-bond donors (Lipinski definition) is 1. The van der Waals surface area contributed by atoms with E-state index < -0.39 is 34.3 Å². The van der Waals surface area contributed by atoms with Gasteiger partial charge < -0.3 is 9.84 Å². The molecule has 0 heterocycles. The summed E-state index contributed by atoms with van der Waals surface area (Å²) in [6.07, 6.45) is 1.24. The summed E-state index contributed by atoms with van der Waals surface area (Å²) < 4.78 is 45.7. The van der Waals surface area contributed by atoms with E-state index in [1.54, 1.807) is 26.0 Å². The second kappa shape index (κ2) is 7.98. The first-order chi connectivity index (χ1) is 13.0. The Balaban J connectivity index is 2.86. The SMILES string of the molecule is CC(C)COC(C(=O)O)(c1cc(C(F)(F)F)ccc1Cl)C1(C#N)C=CC=CC1. The van der Waals surface area contributed by atoms with Gasteiger partial charge in [-0.15, -0.1) is 0 Å². The standard InChI is InChI=1S/C20H19ClF3NO3/c1-13(2)11-28-19(17(26)27,18(12-25)8-4-3-5-9-18)15-10-14(20(22,23)24)6-7-16(15)21/h3-8,10,13H,9,11H2,1-2H3,(H,26,27). The van der Waals surface area contributed by atoms with Crippen LogP contribution in [0.5, 0.6) is 0 Å². The van der Waals surface area contributed by atoms with Gasteiger partial charge in [0.25, 0.3) is 0 Å². The number of allylic oxidation sites excluding steroid dienone is 3. The molecule has 1 aliphatic rings. The third-order valence-electron chi connectivity index (χ3n) is 4.50. The van der Waals surface area contributed by atoms with E-state index in [1.807, 2.05) is 6.07 Å². The first-order valence-electron chi connectivity index (χ1n) is 8.50. The Morgan fingerprint density at radius 1 is 1.39 bits per heavy atom. The number of carbonyl (C=O) groups is 1. The predicted octanol–water partition coefficient (Wildman–Crippen LogP) is 5.34. The van der Waals surface area contributed by atoms with E-state index in [2.05, 4.69) is 0 Å². The summed E-state index contributed by atoms with van der Waals surface area (Å²) >= 11 is 6.17. The molecule has 8 heteroatoms. The maximum Gasteiger partial charge on any atom is 0.416 e. The van der Waals surface area contributed by atoms with E-state index in [0.29, 0.717) is 6.07 Å². The molecule has 0 saturated carbocycles. The molecule has 4 nitrogen and oxygen atoms in total. The van der Waals surface area contributed by atoms with Crippen molar-refractivity contribution in [2.24, 2.45) is 11.3 Å². The lowest BCUT2D eigenvalue weighted by Crippen LogP contribution is -2.53. The molecular weight excluding hydrogens is 395 g/mol. The van der Waals surface area contributed by atoms with Gasteiger partial charge in [-0.05, 0) is 30.5 Å². The number of benzene rings is 1. The maximum absolute atomic E-state index is 13.3. The summed E-state index contributed by atoms with van der Waals surface area (Å²) in [6.45, 7) is 3.42. The molecule has 0 bridgehead atoms. The zero-order valence-corrected chi connectivity index (χ0v) is 16.0. The first-order valence-corrected chi connectivity index (χ1v) is 8.88. The Bertz CT molecular complexity index is 857. The molecular formula is C20H19ClF3NO3. The van der Waals surface area contributed by atoms with Crippen molar-refractivity contribution < 1.29 is 27.8 Å². The number of hydrogen-bond acceptors (Lipinski definition) is 3. The van der Waals surface area contributed by atoms with Crippen molar-refractivity contribution in [3.05, 3.63) is 58.7 Å². The van der Waals surface area contributed by atoms with E-state index in [1.165, 1.54) is 12.2 Å². The van der Waals surface area contributed by atoms with Crippen LogP contribution in [0.3, 0.4) is 0 Å². The Kier molecular flexibility index (Phi) is 6.27. The van der Waals surface area contributed by atoms with Crippen LogP contribution >= 0.6 is 11.6 Å². The van der Waals surface area contributed by atoms with Gasteiger partial charge in [0.1, 0.15) is 5.41 Å². The van der Waals surface area contributed by atoms with Crippen molar-refractivity contribution in [2.75, 3.05) is 6.61 Å². The van der Waals surface area contributed by atoms with Crippen molar-refractivity contribution >= 4 is 17.6 Å². The molecule has 1 N–H and O–H groups in total. The molecule has 0 aromatic heterocycles. The largest absolute Gasteiger partial charge is 0.479 e. The zero-order chi connectivity index (χ0) is 21.2. The fourth-order valence-corrected chi connectivity index (χ4v) is 3.37. The molecule has 0 saturated heterocycles. The number of carboxylic acid groups (broad SMARTS) is 1. The van der Waals surface area contributed by atoms with Crippen molar-refractivity contribution in [3.8, 4) is 6.07 Å². The zero-order valence-electron chi connectivity index (χ0n) is 15.3. The van der Waals surface area contributed by atoms with Gasteiger partial charge in [0, 0.05) is 10.6 Å². The summed E-state index contributed by atoms with van der Waals surface area (Å²) in [7, 11) is 0. The Hall–Kier alpha value is -2.30. The lowest BCUT2D eigenvalue weighted by molar-refractivity contribution is -0.183. The van der Waals surface area contributed by atoms with Crippen LogP contribution < -0.4 is 0 Å². The molecule has 2 rings (SSSR count). The van der Waals surface area contributed by atoms with Crippen LogP contribution in [-0.2, 0) is 21.3 Å². The molecule has 2 atom stereocenters. The van der Waals surface area contributed by atoms with Crippen LogP contribution in [-0.4, -0.2) is 17.7 Å². The highest BCUT2D eigenvalue weighted by Gasteiger charge is 2.60. The minimum atomic E-state index is -4.72. The number of ether oxygens (including phenoxy) is 1. The monoisotopic (exact) mass is 413 g/mol. The average molecular weight is 414 g/mol. The topological polar surface area (TPSA) is 70.3 Å². The normalized spacial score (nSPS) is 21.4. The highest BCUT2D eigenvalue weighted by Crippen LogP contribution is 2.51. The second-order valence-corrected chi connectivity index (χ2v) is 7.37. The van der Waals surface area contributed by atoms with Crippen LogP contribution in [0.25, 0.3) is 0 Å². The van der Waals surface area contributed by atoms with Gasteiger partial charge in [0.05, 0.1) is 18.2 Å². The van der Waals surface area contributed by atoms with Gasteiger partial charge in [-0.2, -0.15) is 18.4 Å². The van der Waals surface area contributed by atoms with Crippen LogP contribution in [0, 0.1) is 22.7 Å². The number of alkyl halides is 3. The van der Waals surface area contributed by atoms with E-state index in [4.69, 9.17) is 16.3 Å². The number of aliphatic carboxylic acids is 1. The minimum Gasteiger partial charge on any atom is -0.479 e. The molecule has 0 radical (unpaired) electrons. The van der Waals surface area contributed by atoms with Crippen molar-refractivity contribution in [1.29, 1.82) is 5.26 Å². The fourth-order valence-electron chi connectivity index (χ4n) is 3.12. The third kappa shape index (κ3) is 3.80. The molecule has 0 spiro atoms. The van der Waals surface area contributed by atoms with Crippen LogP contribution in [0.4, 0.5) is 13.2 Å². The van der Waals surface area contributed by atoms with E-state index in [-0.39, 0.29) is 24.0 Å². The number of carboxylic acids is 1. The molecule has 0 fully saturated rings. The van der Waals surface area contributed by atoms with Crippen LogP contribution in [0.15, 0.2) is 42.5 Å². The summed E-state index contributed by atoms with van der Waals surface area (Å²) in [6, 6.07) is 4.35. The molecule has 0 amide bonds. The maximum atomic E-state index is 13.3. The highest BCUT2D eigenvalue weighted by atomic mass is 35.5. The van der Waals surface area contributed by atoms with Gasteiger partial charge in [0.15, 0.2) is 0 Å². The number of nitriles is 1. The van der Waals surface area contributed by atoms with E-state index >= 15 is 0 Å². The second-order valence-electron chi connectivity index (χ2n) is 6.96. The lowest BCUT2D eigenvalue weighted by Gasteiger charge is -2.43. The summed E-state index contributed by atoms with van der Waals surface area (Å²) in [5.41, 5.74) is -5.69. The van der Waals surface area contributed by atoms with E-state index in [0.717, 1.165) is 12.1 Å². The van der Waals surface area contributed by atoms with Gasteiger partial charge in [0.2, 0.25) is 5.60 Å². The van der Waals surface area contributed by atoms with Crippen LogP contribution in [0.1, 0.15) is 31.4 Å². The Morgan fingerprint density at radius 3 is 2.54 bits per heavy atom. The Morgan fingerprint density at radius 2 is 2.07 bits per heavy atom. The van der Waals surface area contributed by atoms with Gasteiger partial charge in [-0.1, -0.05) is 49.8 Å². The van der Waals surface area contributed by atoms with Gasteiger partial charge in [-0.3, -0.25) is 0 Å². The summed E-state index contributed by atoms with van der Waals surface area (Å²) in [5, 5.41) is 19.9. The molecule has 1 aromatic rings. The van der Waals surface area contributed by atoms with Crippen molar-refractivity contribution in [2.45, 2.75) is 32.0 Å². The average Bonchev–Trinajstić information content (AvgIpc) is 2.62. The molecule has 150 valence electrons. The summed E-state index contributed by atoms with van der Waals surface area (Å²) in [4.78, 5) is 12.5.